The van der Waals surface area contributed by atoms with Crippen LogP contribution in [0.2, 0.25) is 0 Å². The van der Waals surface area contributed by atoms with E-state index in [1.165, 1.54) is 12.1 Å². The van der Waals surface area contributed by atoms with E-state index in [1.807, 2.05) is 13.8 Å². The van der Waals surface area contributed by atoms with E-state index in [-0.39, 0.29) is 17.5 Å². The Morgan fingerprint density at radius 2 is 1.67 bits per heavy atom. The summed E-state index contributed by atoms with van der Waals surface area (Å²) in [6.07, 6.45) is 7.09. The molecule has 1 amide bonds. The lowest BCUT2D eigenvalue weighted by Crippen LogP contribution is -2.66. The second-order valence-electron chi connectivity index (χ2n) is 9.05. The summed E-state index contributed by atoms with van der Waals surface area (Å²) in [4.78, 5) is 15.2. The van der Waals surface area contributed by atoms with Crippen molar-refractivity contribution < 1.29 is 27.9 Å². The normalized spacial score (nSPS) is 19.9. The lowest BCUT2D eigenvalue weighted by molar-refractivity contribution is -0.135. The van der Waals surface area contributed by atoms with E-state index in [9.17, 15) is 18.4 Å². The SMILES string of the molecule is CCCOc1ccc(S(=O)(=O)[C@@](NCc2ccncc2)(C(=O)NO)C2CCC(OCCC)CC2)cc1. The van der Waals surface area contributed by atoms with E-state index in [1.54, 1.807) is 42.1 Å². The van der Waals surface area contributed by atoms with E-state index < -0.39 is 26.5 Å². The van der Waals surface area contributed by atoms with Gasteiger partial charge in [-0.3, -0.25) is 20.3 Å². The zero-order valence-corrected chi connectivity index (χ0v) is 21.8. The molecule has 9 nitrogen and oxygen atoms in total. The van der Waals surface area contributed by atoms with Gasteiger partial charge in [0, 0.05) is 31.5 Å². The lowest BCUT2D eigenvalue weighted by atomic mass is 9.81. The summed E-state index contributed by atoms with van der Waals surface area (Å²) in [6.45, 7) is 5.27. The number of aromatic nitrogens is 1. The van der Waals surface area contributed by atoms with E-state index in [4.69, 9.17) is 9.47 Å². The number of carbonyl (C=O) groups excluding carboxylic acids is 1. The second kappa shape index (κ2) is 13.1. The van der Waals surface area contributed by atoms with Crippen LogP contribution in [-0.4, -0.2) is 48.7 Å². The Kier molecular flexibility index (Phi) is 10.2. The molecule has 1 saturated carbocycles. The quantitative estimate of drug-likeness (QED) is 0.271. The van der Waals surface area contributed by atoms with Crippen LogP contribution in [0.4, 0.5) is 0 Å². The zero-order chi connectivity index (χ0) is 26.0. The Morgan fingerprint density at radius 3 is 2.25 bits per heavy atom. The first-order chi connectivity index (χ1) is 17.4. The summed E-state index contributed by atoms with van der Waals surface area (Å²) in [7, 11) is -4.31. The van der Waals surface area contributed by atoms with Crippen molar-refractivity contribution in [1.29, 1.82) is 0 Å². The number of sulfone groups is 1. The second-order valence-corrected chi connectivity index (χ2v) is 11.2. The molecule has 1 aromatic carbocycles. The molecule has 10 heteroatoms. The van der Waals surface area contributed by atoms with Crippen LogP contribution in [-0.2, 0) is 25.9 Å². The molecule has 2 aromatic rings. The number of rotatable bonds is 13. The molecule has 1 aliphatic rings. The van der Waals surface area contributed by atoms with Gasteiger partial charge in [-0.15, -0.1) is 0 Å². The first-order valence-electron chi connectivity index (χ1n) is 12.6. The van der Waals surface area contributed by atoms with E-state index in [0.717, 1.165) is 18.4 Å². The summed E-state index contributed by atoms with van der Waals surface area (Å²) in [5.41, 5.74) is 2.41. The molecule has 1 heterocycles. The van der Waals surface area contributed by atoms with Crippen molar-refractivity contribution in [3.63, 3.8) is 0 Å². The monoisotopic (exact) mass is 519 g/mol. The number of benzene rings is 1. The minimum Gasteiger partial charge on any atom is -0.494 e. The van der Waals surface area contributed by atoms with E-state index in [2.05, 4.69) is 10.3 Å². The predicted octanol–water partition coefficient (Wildman–Crippen LogP) is 3.62. The maximum Gasteiger partial charge on any atom is 0.280 e. The van der Waals surface area contributed by atoms with Gasteiger partial charge in [0.15, 0.2) is 0 Å². The highest BCUT2D eigenvalue weighted by Crippen LogP contribution is 2.41. The zero-order valence-electron chi connectivity index (χ0n) is 21.0. The number of carbonyl (C=O) groups is 1. The van der Waals surface area contributed by atoms with Crippen molar-refractivity contribution in [3.8, 4) is 5.75 Å². The molecular weight excluding hydrogens is 482 g/mol. The molecule has 1 atom stereocenters. The van der Waals surface area contributed by atoms with Gasteiger partial charge in [0.25, 0.3) is 5.91 Å². The molecular formula is C26H37N3O6S. The fraction of sp³-hybridized carbons (Fsp3) is 0.538. The van der Waals surface area contributed by atoms with Crippen LogP contribution >= 0.6 is 0 Å². The van der Waals surface area contributed by atoms with Gasteiger partial charge in [-0.1, -0.05) is 13.8 Å². The van der Waals surface area contributed by atoms with Gasteiger partial charge in [-0.05, 0) is 80.5 Å². The Morgan fingerprint density at radius 1 is 1.03 bits per heavy atom. The summed E-state index contributed by atoms with van der Waals surface area (Å²) in [5, 5.41) is 12.8. The molecule has 3 N–H and O–H groups in total. The first kappa shape index (κ1) is 28.0. The molecule has 1 aliphatic carbocycles. The van der Waals surface area contributed by atoms with Crippen LogP contribution in [0, 0.1) is 5.92 Å². The van der Waals surface area contributed by atoms with Gasteiger partial charge in [0.1, 0.15) is 5.75 Å². The van der Waals surface area contributed by atoms with Crippen molar-refractivity contribution in [1.82, 2.24) is 15.8 Å². The molecule has 0 aliphatic heterocycles. The van der Waals surface area contributed by atoms with Crippen LogP contribution in [0.1, 0.15) is 57.9 Å². The van der Waals surface area contributed by atoms with Crippen LogP contribution in [0.3, 0.4) is 0 Å². The molecule has 0 saturated heterocycles. The Labute approximate surface area is 213 Å². The van der Waals surface area contributed by atoms with Crippen LogP contribution < -0.4 is 15.5 Å². The summed E-state index contributed by atoms with van der Waals surface area (Å²) in [6, 6.07) is 9.56. The number of pyridine rings is 1. The van der Waals surface area contributed by atoms with Crippen molar-refractivity contribution in [3.05, 3.63) is 54.4 Å². The number of ether oxygens (including phenoxy) is 2. The number of hydrogen-bond acceptors (Lipinski definition) is 8. The highest BCUT2D eigenvalue weighted by molar-refractivity contribution is 7.93. The number of nitrogens with one attached hydrogen (secondary N) is 2. The Hall–Kier alpha value is -2.53. The minimum atomic E-state index is -4.31. The standard InChI is InChI=1S/C26H37N3O6S/c1-3-17-34-22-7-5-21(6-8-22)26(25(30)29-31,28-19-20-13-15-27-16-14-20)36(32,33)24-11-9-23(10-12-24)35-18-4-2/h9-16,21-22,28,31H,3-8,17-19H2,1-2H3,(H,29,30)/t21?,22?,26-/m1/s1. The number of nitrogens with zero attached hydrogens (tertiary/aromatic N) is 1. The van der Waals surface area contributed by atoms with E-state index in [0.29, 0.717) is 44.6 Å². The van der Waals surface area contributed by atoms with Gasteiger partial charge in [-0.25, -0.2) is 13.9 Å². The fourth-order valence-electron chi connectivity index (χ4n) is 4.70. The third-order valence-corrected chi connectivity index (χ3v) is 8.98. The highest BCUT2D eigenvalue weighted by Gasteiger charge is 2.57. The predicted molar refractivity (Wildman–Crippen MR) is 135 cm³/mol. The summed E-state index contributed by atoms with van der Waals surface area (Å²) in [5.74, 6) is -1.04. The maximum atomic E-state index is 14.2. The smallest absolute Gasteiger partial charge is 0.280 e. The van der Waals surface area contributed by atoms with Gasteiger partial charge in [-0.2, -0.15) is 0 Å². The van der Waals surface area contributed by atoms with Crippen LogP contribution in [0.25, 0.3) is 0 Å². The Balaban J connectivity index is 2.00. The number of hydroxylamine groups is 1. The fourth-order valence-corrected chi connectivity index (χ4v) is 6.80. The van der Waals surface area contributed by atoms with Crippen LogP contribution in [0.5, 0.6) is 5.75 Å². The lowest BCUT2D eigenvalue weighted by Gasteiger charge is -2.42. The topological polar surface area (TPSA) is 127 Å². The average molecular weight is 520 g/mol. The largest absolute Gasteiger partial charge is 0.494 e. The van der Waals surface area contributed by atoms with Crippen molar-refractivity contribution in [2.24, 2.45) is 5.92 Å². The third kappa shape index (κ3) is 6.23. The van der Waals surface area contributed by atoms with Gasteiger partial charge in [0.05, 0.1) is 17.6 Å². The van der Waals surface area contributed by atoms with Gasteiger partial charge < -0.3 is 9.47 Å². The first-order valence-corrected chi connectivity index (χ1v) is 14.0. The van der Waals surface area contributed by atoms with E-state index >= 15 is 0 Å². The van der Waals surface area contributed by atoms with Gasteiger partial charge in [0.2, 0.25) is 14.7 Å². The van der Waals surface area contributed by atoms with Crippen molar-refractivity contribution in [2.45, 2.75) is 74.8 Å². The summed E-state index contributed by atoms with van der Waals surface area (Å²) >= 11 is 0. The molecule has 0 bridgehead atoms. The highest BCUT2D eigenvalue weighted by atomic mass is 32.2. The molecule has 1 aromatic heterocycles. The molecule has 36 heavy (non-hydrogen) atoms. The molecule has 1 fully saturated rings. The number of hydrogen-bond donors (Lipinski definition) is 3. The molecule has 3 rings (SSSR count). The maximum absolute atomic E-state index is 14.2. The Bertz CT molecular complexity index is 1060. The number of amides is 1. The molecule has 198 valence electrons. The minimum absolute atomic E-state index is 0.0222. The van der Waals surface area contributed by atoms with Crippen molar-refractivity contribution >= 4 is 15.7 Å². The van der Waals surface area contributed by atoms with Crippen molar-refractivity contribution in [2.75, 3.05) is 13.2 Å². The average Bonchev–Trinajstić information content (AvgIpc) is 2.92. The molecule has 0 unspecified atom stereocenters. The molecule has 0 spiro atoms. The summed E-state index contributed by atoms with van der Waals surface area (Å²) < 4.78 is 39.9. The van der Waals surface area contributed by atoms with Crippen LogP contribution in [0.15, 0.2) is 53.7 Å². The molecule has 0 radical (unpaired) electrons. The van der Waals surface area contributed by atoms with Gasteiger partial charge >= 0.3 is 0 Å². The third-order valence-electron chi connectivity index (χ3n) is 6.58.